The average Bonchev–Trinajstić information content (AvgIpc) is 3.12. The number of benzene rings is 2. The summed E-state index contributed by atoms with van der Waals surface area (Å²) < 4.78 is 0. The number of hydrazine groups is 1. The Morgan fingerprint density at radius 1 is 1.08 bits per heavy atom. The van der Waals surface area contributed by atoms with E-state index in [2.05, 4.69) is 21.5 Å². The Balaban J connectivity index is 1.36. The minimum absolute atomic E-state index is 0.0248. The molecular formula is C19H23ClN4O. The minimum Gasteiger partial charge on any atom is -0.385 e. The maximum Gasteiger partial charge on any atom is 0.238 e. The van der Waals surface area contributed by atoms with Crippen molar-refractivity contribution in [3.8, 4) is 0 Å². The molecule has 6 heteroatoms. The fourth-order valence-electron chi connectivity index (χ4n) is 2.88. The number of para-hydroxylation sites is 1. The quantitative estimate of drug-likeness (QED) is 0.575. The van der Waals surface area contributed by atoms with Crippen LogP contribution in [-0.4, -0.2) is 25.0 Å². The molecule has 132 valence electrons. The van der Waals surface area contributed by atoms with Gasteiger partial charge in [0.25, 0.3) is 0 Å². The molecule has 1 saturated heterocycles. The van der Waals surface area contributed by atoms with Crippen LogP contribution in [-0.2, 0) is 4.79 Å². The van der Waals surface area contributed by atoms with Gasteiger partial charge in [-0.15, -0.1) is 0 Å². The number of carbonyl (C=O) groups is 1. The van der Waals surface area contributed by atoms with Crippen molar-refractivity contribution in [2.75, 3.05) is 18.4 Å². The third-order valence-electron chi connectivity index (χ3n) is 4.23. The van der Waals surface area contributed by atoms with Crippen LogP contribution in [0, 0.1) is 0 Å². The van der Waals surface area contributed by atoms with Crippen molar-refractivity contribution < 1.29 is 4.79 Å². The van der Waals surface area contributed by atoms with Crippen LogP contribution in [0.4, 0.5) is 5.69 Å². The molecule has 0 spiro atoms. The summed E-state index contributed by atoms with van der Waals surface area (Å²) in [5.74, 6) is 0.0248. The van der Waals surface area contributed by atoms with Crippen molar-refractivity contribution in [1.29, 1.82) is 0 Å². The van der Waals surface area contributed by atoms with Crippen molar-refractivity contribution in [2.45, 2.75) is 24.9 Å². The van der Waals surface area contributed by atoms with Gasteiger partial charge in [0.05, 0.1) is 0 Å². The van der Waals surface area contributed by atoms with Gasteiger partial charge in [0, 0.05) is 29.8 Å². The highest BCUT2D eigenvalue weighted by molar-refractivity contribution is 6.30. The molecule has 4 N–H and O–H groups in total. The summed E-state index contributed by atoms with van der Waals surface area (Å²) in [5.41, 5.74) is 8.43. The molecule has 0 radical (unpaired) electrons. The Labute approximate surface area is 153 Å². The summed E-state index contributed by atoms with van der Waals surface area (Å²) in [7, 11) is 0. The molecule has 0 aromatic heterocycles. The average molecular weight is 359 g/mol. The van der Waals surface area contributed by atoms with Gasteiger partial charge in [-0.2, -0.15) is 0 Å². The number of carbonyl (C=O) groups excluding carboxylic acids is 1. The number of hydrogen-bond donors (Lipinski definition) is 4. The Hall–Kier alpha value is -2.08. The van der Waals surface area contributed by atoms with Crippen LogP contribution < -0.4 is 21.5 Å². The van der Waals surface area contributed by atoms with E-state index in [-0.39, 0.29) is 18.0 Å². The summed E-state index contributed by atoms with van der Waals surface area (Å²) in [6.07, 6.45) is 1.58. The van der Waals surface area contributed by atoms with Gasteiger partial charge in [-0.1, -0.05) is 41.9 Å². The van der Waals surface area contributed by atoms with Gasteiger partial charge in [-0.05, 0) is 42.7 Å². The first-order chi connectivity index (χ1) is 12.2. The molecule has 0 aliphatic carbocycles. The molecule has 1 aliphatic heterocycles. The molecule has 1 amide bonds. The molecular weight excluding hydrogens is 336 g/mol. The highest BCUT2D eigenvalue weighted by Gasteiger charge is 2.29. The van der Waals surface area contributed by atoms with Gasteiger partial charge in [0.15, 0.2) is 0 Å². The fraction of sp³-hybridized carbons (Fsp3) is 0.316. The summed E-state index contributed by atoms with van der Waals surface area (Å²) in [6.45, 7) is 1.48. The normalized spacial score (nSPS) is 19.6. The first-order valence-corrected chi connectivity index (χ1v) is 8.93. The third-order valence-corrected chi connectivity index (χ3v) is 4.46. The standard InChI is InChI=1S/C19H23ClN4O/c20-15-7-4-6-14(12-15)17-13-18(24-23-17)19(25)22-11-5-10-21-16-8-2-1-3-9-16/h1-4,6-9,12,17-18,21,23-24H,5,10-11,13H2,(H,22,25). The van der Waals surface area contributed by atoms with Crippen LogP contribution in [0.3, 0.4) is 0 Å². The number of halogens is 1. The Kier molecular flexibility index (Phi) is 6.28. The van der Waals surface area contributed by atoms with E-state index >= 15 is 0 Å². The lowest BCUT2D eigenvalue weighted by Gasteiger charge is -2.11. The van der Waals surface area contributed by atoms with Crippen LogP contribution in [0.5, 0.6) is 0 Å². The van der Waals surface area contributed by atoms with Crippen LogP contribution in [0.25, 0.3) is 0 Å². The van der Waals surface area contributed by atoms with Crippen LogP contribution in [0.15, 0.2) is 54.6 Å². The fourth-order valence-corrected chi connectivity index (χ4v) is 3.08. The van der Waals surface area contributed by atoms with E-state index in [1.54, 1.807) is 0 Å². The second-order valence-corrected chi connectivity index (χ2v) is 6.56. The zero-order valence-corrected chi connectivity index (χ0v) is 14.7. The van der Waals surface area contributed by atoms with E-state index in [4.69, 9.17) is 11.6 Å². The van der Waals surface area contributed by atoms with E-state index in [0.717, 1.165) is 24.2 Å². The summed E-state index contributed by atoms with van der Waals surface area (Å²) in [6, 6.07) is 17.6. The summed E-state index contributed by atoms with van der Waals surface area (Å²) >= 11 is 6.03. The second kappa shape index (κ2) is 8.85. The molecule has 1 aliphatic rings. The molecule has 2 unspecified atom stereocenters. The number of hydrogen-bond acceptors (Lipinski definition) is 4. The molecule has 25 heavy (non-hydrogen) atoms. The van der Waals surface area contributed by atoms with Gasteiger partial charge in [0.1, 0.15) is 6.04 Å². The second-order valence-electron chi connectivity index (χ2n) is 6.12. The van der Waals surface area contributed by atoms with Gasteiger partial charge in [0.2, 0.25) is 5.91 Å². The third kappa shape index (κ3) is 5.19. The zero-order chi connectivity index (χ0) is 17.5. The van der Waals surface area contributed by atoms with E-state index in [1.807, 2.05) is 54.6 Å². The number of amides is 1. The Morgan fingerprint density at radius 2 is 1.92 bits per heavy atom. The first kappa shape index (κ1) is 17.7. The SMILES string of the molecule is O=C(NCCCNc1ccccc1)C1CC(c2cccc(Cl)c2)NN1. The van der Waals surface area contributed by atoms with Crippen molar-refractivity contribution in [3.05, 3.63) is 65.2 Å². The lowest BCUT2D eigenvalue weighted by Crippen LogP contribution is -2.43. The predicted molar refractivity (Wildman–Crippen MR) is 101 cm³/mol. The highest BCUT2D eigenvalue weighted by Crippen LogP contribution is 2.24. The highest BCUT2D eigenvalue weighted by atomic mass is 35.5. The van der Waals surface area contributed by atoms with E-state index < -0.39 is 0 Å². The molecule has 5 nitrogen and oxygen atoms in total. The van der Waals surface area contributed by atoms with E-state index in [0.29, 0.717) is 18.0 Å². The number of rotatable bonds is 7. The summed E-state index contributed by atoms with van der Waals surface area (Å²) in [5, 5.41) is 7.02. The van der Waals surface area contributed by atoms with E-state index in [1.165, 1.54) is 0 Å². The minimum atomic E-state index is -0.230. The molecule has 1 heterocycles. The molecule has 0 bridgehead atoms. The van der Waals surface area contributed by atoms with Crippen LogP contribution in [0.2, 0.25) is 5.02 Å². The number of anilines is 1. The van der Waals surface area contributed by atoms with Crippen molar-refractivity contribution in [2.24, 2.45) is 0 Å². The van der Waals surface area contributed by atoms with Crippen molar-refractivity contribution >= 4 is 23.2 Å². The van der Waals surface area contributed by atoms with Crippen molar-refractivity contribution in [3.63, 3.8) is 0 Å². The largest absolute Gasteiger partial charge is 0.385 e. The molecule has 2 atom stereocenters. The Bertz CT molecular complexity index is 695. The first-order valence-electron chi connectivity index (χ1n) is 8.55. The van der Waals surface area contributed by atoms with Gasteiger partial charge < -0.3 is 10.6 Å². The molecule has 2 aromatic rings. The predicted octanol–water partition coefficient (Wildman–Crippen LogP) is 2.87. The molecule has 0 saturated carbocycles. The topological polar surface area (TPSA) is 65.2 Å². The van der Waals surface area contributed by atoms with Crippen molar-refractivity contribution in [1.82, 2.24) is 16.2 Å². The number of nitrogens with one attached hydrogen (secondary N) is 4. The monoisotopic (exact) mass is 358 g/mol. The summed E-state index contributed by atoms with van der Waals surface area (Å²) in [4.78, 5) is 12.3. The molecule has 1 fully saturated rings. The van der Waals surface area contributed by atoms with Gasteiger partial charge in [-0.25, -0.2) is 10.9 Å². The zero-order valence-electron chi connectivity index (χ0n) is 14.0. The maximum atomic E-state index is 12.3. The molecule has 3 rings (SSSR count). The smallest absolute Gasteiger partial charge is 0.238 e. The van der Waals surface area contributed by atoms with Gasteiger partial charge in [-0.3, -0.25) is 4.79 Å². The van der Waals surface area contributed by atoms with Gasteiger partial charge >= 0.3 is 0 Å². The van der Waals surface area contributed by atoms with E-state index in [9.17, 15) is 4.79 Å². The van der Waals surface area contributed by atoms with Crippen LogP contribution >= 0.6 is 11.6 Å². The van der Waals surface area contributed by atoms with Crippen LogP contribution in [0.1, 0.15) is 24.4 Å². The lowest BCUT2D eigenvalue weighted by atomic mass is 10.0. The molecule has 2 aromatic carbocycles. The maximum absolute atomic E-state index is 12.3. The Morgan fingerprint density at radius 3 is 2.72 bits per heavy atom. The lowest BCUT2D eigenvalue weighted by molar-refractivity contribution is -0.122.